The number of phenols is 2. The molecule has 4 rings (SSSR count). The van der Waals surface area contributed by atoms with E-state index in [0.717, 1.165) is 11.1 Å². The second-order valence-corrected chi connectivity index (χ2v) is 8.27. The molecule has 0 spiro atoms. The summed E-state index contributed by atoms with van der Waals surface area (Å²) in [6, 6.07) is 24.4. The van der Waals surface area contributed by atoms with Crippen LogP contribution in [-0.2, 0) is 0 Å². The summed E-state index contributed by atoms with van der Waals surface area (Å²) >= 11 is 0. The van der Waals surface area contributed by atoms with E-state index in [4.69, 9.17) is 9.98 Å². The summed E-state index contributed by atoms with van der Waals surface area (Å²) in [5, 5.41) is 43.0. The lowest BCUT2D eigenvalue weighted by atomic mass is 9.94. The van der Waals surface area contributed by atoms with Crippen LogP contribution in [0.5, 0.6) is 11.5 Å². The fourth-order valence-corrected chi connectivity index (χ4v) is 3.84. The van der Waals surface area contributed by atoms with Crippen molar-refractivity contribution in [3.63, 3.8) is 0 Å². The minimum atomic E-state index is -0.658. The van der Waals surface area contributed by atoms with Crippen LogP contribution in [0.3, 0.4) is 0 Å². The van der Waals surface area contributed by atoms with Crippen LogP contribution in [-0.4, -0.2) is 32.5 Å². The summed E-state index contributed by atoms with van der Waals surface area (Å²) in [6.07, 6.45) is 2.71. The summed E-state index contributed by atoms with van der Waals surface area (Å²) in [6.45, 7) is 0. The van der Waals surface area contributed by atoms with E-state index in [2.05, 4.69) is 0 Å². The van der Waals surface area contributed by atoms with E-state index < -0.39 is 21.9 Å². The highest BCUT2D eigenvalue weighted by atomic mass is 16.6. The summed E-state index contributed by atoms with van der Waals surface area (Å²) in [5.41, 5.74) is 1.46. The van der Waals surface area contributed by atoms with E-state index in [-0.39, 0.29) is 34.0 Å². The van der Waals surface area contributed by atoms with E-state index in [1.165, 1.54) is 48.8 Å². The van der Waals surface area contributed by atoms with Gasteiger partial charge in [0.2, 0.25) is 0 Å². The van der Waals surface area contributed by atoms with Gasteiger partial charge in [0.15, 0.2) is 0 Å². The summed E-state index contributed by atoms with van der Waals surface area (Å²) in [4.78, 5) is 30.7. The van der Waals surface area contributed by atoms with Gasteiger partial charge in [-0.25, -0.2) is 0 Å². The summed E-state index contributed by atoms with van der Waals surface area (Å²) in [5.74, 6) is -0.347. The van der Waals surface area contributed by atoms with Crippen molar-refractivity contribution in [2.75, 3.05) is 0 Å². The number of hydrogen-bond donors (Lipinski definition) is 2. The SMILES string of the molecule is O=[N+]([O-])c1ccc(O)c(C=N[C@H](c2ccccc2)[C@@H](N=Cc2cc([N+](=O)[O-])ccc2O)c2ccccc2)c1. The summed E-state index contributed by atoms with van der Waals surface area (Å²) < 4.78 is 0. The largest absolute Gasteiger partial charge is 0.507 e. The lowest BCUT2D eigenvalue weighted by Crippen LogP contribution is -2.09. The Kier molecular flexibility index (Phi) is 7.83. The molecule has 10 heteroatoms. The first kappa shape index (κ1) is 25.7. The van der Waals surface area contributed by atoms with Crippen molar-refractivity contribution in [3.05, 3.63) is 140 Å². The van der Waals surface area contributed by atoms with Gasteiger partial charge in [-0.2, -0.15) is 0 Å². The molecule has 0 aliphatic heterocycles. The number of aliphatic imine (C=N–C) groups is 2. The van der Waals surface area contributed by atoms with E-state index in [1.54, 1.807) is 0 Å². The standard InChI is InChI=1S/C28H22N4O6/c33-25-13-11-23(31(35)36)15-21(25)17-29-27(19-7-3-1-4-8-19)28(20-9-5-2-6-10-20)30-18-22-16-24(32(37)38)12-14-26(22)34/h1-18,27-28,33-34H/t27-,28+. The van der Waals surface area contributed by atoms with Gasteiger partial charge in [-0.3, -0.25) is 30.2 Å². The fraction of sp³-hybridized carbons (Fsp3) is 0.0714. The molecule has 0 amide bonds. The van der Waals surface area contributed by atoms with E-state index in [0.29, 0.717) is 0 Å². The molecule has 0 saturated carbocycles. The molecule has 4 aromatic rings. The number of rotatable bonds is 9. The number of nitro groups is 2. The van der Waals surface area contributed by atoms with Gasteiger partial charge in [-0.15, -0.1) is 0 Å². The maximum Gasteiger partial charge on any atom is 0.270 e. The molecule has 38 heavy (non-hydrogen) atoms. The Balaban J connectivity index is 1.82. The first-order valence-corrected chi connectivity index (χ1v) is 11.4. The van der Waals surface area contributed by atoms with Crippen LogP contribution in [0.1, 0.15) is 34.3 Å². The zero-order valence-corrected chi connectivity index (χ0v) is 19.9. The van der Waals surface area contributed by atoms with Crippen molar-refractivity contribution < 1.29 is 20.1 Å². The Morgan fingerprint density at radius 3 is 1.32 bits per heavy atom. The molecule has 0 aliphatic carbocycles. The normalized spacial score (nSPS) is 12.9. The van der Waals surface area contributed by atoms with Crippen molar-refractivity contribution in [1.82, 2.24) is 0 Å². The Morgan fingerprint density at radius 2 is 0.974 bits per heavy atom. The van der Waals surface area contributed by atoms with E-state index in [1.807, 2.05) is 60.7 Å². The van der Waals surface area contributed by atoms with Crippen molar-refractivity contribution in [1.29, 1.82) is 0 Å². The Hall–Kier alpha value is -5.38. The van der Waals surface area contributed by atoms with Crippen LogP contribution < -0.4 is 0 Å². The molecule has 4 aromatic carbocycles. The first-order chi connectivity index (χ1) is 18.3. The molecule has 0 saturated heterocycles. The molecule has 190 valence electrons. The smallest absolute Gasteiger partial charge is 0.270 e. The molecule has 0 unspecified atom stereocenters. The molecule has 10 nitrogen and oxygen atoms in total. The fourth-order valence-electron chi connectivity index (χ4n) is 3.84. The lowest BCUT2D eigenvalue weighted by Gasteiger charge is -2.22. The average Bonchev–Trinajstić information content (AvgIpc) is 2.93. The minimum Gasteiger partial charge on any atom is -0.507 e. The van der Waals surface area contributed by atoms with Crippen molar-refractivity contribution >= 4 is 23.8 Å². The second-order valence-electron chi connectivity index (χ2n) is 8.27. The van der Waals surface area contributed by atoms with Gasteiger partial charge in [0.05, 0.1) is 9.85 Å². The first-order valence-electron chi connectivity index (χ1n) is 11.4. The van der Waals surface area contributed by atoms with E-state index >= 15 is 0 Å². The van der Waals surface area contributed by atoms with Gasteiger partial charge in [0.1, 0.15) is 23.6 Å². The molecule has 2 N–H and O–H groups in total. The Morgan fingerprint density at radius 1 is 0.605 bits per heavy atom. The highest BCUT2D eigenvalue weighted by molar-refractivity contribution is 5.85. The Labute approximate surface area is 217 Å². The van der Waals surface area contributed by atoms with Crippen molar-refractivity contribution in [2.45, 2.75) is 12.1 Å². The number of hydrogen-bond acceptors (Lipinski definition) is 8. The van der Waals surface area contributed by atoms with Crippen molar-refractivity contribution in [3.8, 4) is 11.5 Å². The molecular weight excluding hydrogens is 488 g/mol. The number of nitro benzene ring substituents is 2. The third-order valence-electron chi connectivity index (χ3n) is 5.77. The zero-order chi connectivity index (χ0) is 27.1. The van der Waals surface area contributed by atoms with Crippen molar-refractivity contribution in [2.24, 2.45) is 9.98 Å². The molecule has 2 atom stereocenters. The van der Waals surface area contributed by atoms with Gasteiger partial charge in [0.25, 0.3) is 11.4 Å². The number of phenolic OH excluding ortho intramolecular Hbond substituents is 2. The number of non-ortho nitro benzene ring substituents is 2. The monoisotopic (exact) mass is 510 g/mol. The number of nitrogens with zero attached hydrogens (tertiary/aromatic N) is 4. The highest BCUT2D eigenvalue weighted by Crippen LogP contribution is 2.36. The molecule has 0 bridgehead atoms. The maximum absolute atomic E-state index is 11.2. The van der Waals surface area contributed by atoms with Crippen LogP contribution in [0.25, 0.3) is 0 Å². The van der Waals surface area contributed by atoms with E-state index in [9.17, 15) is 30.4 Å². The zero-order valence-electron chi connectivity index (χ0n) is 19.9. The molecule has 0 heterocycles. The molecule has 0 fully saturated rings. The average molecular weight is 511 g/mol. The van der Waals surface area contributed by atoms with Crippen LogP contribution in [0.2, 0.25) is 0 Å². The van der Waals surface area contributed by atoms with Gasteiger partial charge in [-0.1, -0.05) is 60.7 Å². The van der Waals surface area contributed by atoms with Crippen LogP contribution in [0, 0.1) is 20.2 Å². The van der Waals surface area contributed by atoms with Crippen LogP contribution >= 0.6 is 0 Å². The highest BCUT2D eigenvalue weighted by Gasteiger charge is 2.24. The maximum atomic E-state index is 11.2. The number of benzene rings is 4. The second kappa shape index (κ2) is 11.6. The molecule has 0 aliphatic rings. The van der Waals surface area contributed by atoms with Crippen LogP contribution in [0.4, 0.5) is 11.4 Å². The minimum absolute atomic E-state index is 0.159. The third-order valence-corrected chi connectivity index (χ3v) is 5.77. The topological polar surface area (TPSA) is 151 Å². The quantitative estimate of drug-likeness (QED) is 0.162. The predicted molar refractivity (Wildman–Crippen MR) is 143 cm³/mol. The lowest BCUT2D eigenvalue weighted by molar-refractivity contribution is -0.385. The Bertz CT molecular complexity index is 1390. The van der Waals surface area contributed by atoms with Gasteiger partial charge >= 0.3 is 0 Å². The third kappa shape index (κ3) is 6.05. The molecule has 0 aromatic heterocycles. The van der Waals surface area contributed by atoms with Gasteiger partial charge in [0, 0.05) is 47.8 Å². The van der Waals surface area contributed by atoms with Gasteiger partial charge in [-0.05, 0) is 23.3 Å². The summed E-state index contributed by atoms with van der Waals surface area (Å²) in [7, 11) is 0. The molecular formula is C28H22N4O6. The van der Waals surface area contributed by atoms with Crippen LogP contribution in [0.15, 0.2) is 107 Å². The van der Waals surface area contributed by atoms with Gasteiger partial charge < -0.3 is 10.2 Å². The predicted octanol–water partition coefficient (Wildman–Crippen LogP) is 5.93. The molecule has 0 radical (unpaired) electrons. The number of aromatic hydroxyl groups is 2.